The molecule has 82 valence electrons. The van der Waals surface area contributed by atoms with Gasteiger partial charge in [-0.1, -0.05) is 0 Å². The number of rotatable bonds is 4. The molecule has 0 radical (unpaired) electrons. The Balaban J connectivity index is 2.62. The maximum Gasteiger partial charge on any atom is 0.347 e. The van der Waals surface area contributed by atoms with Gasteiger partial charge < -0.3 is 14.6 Å². The molecule has 0 saturated heterocycles. The number of pyridine rings is 1. The van der Waals surface area contributed by atoms with Gasteiger partial charge in [-0.25, -0.2) is 9.78 Å². The molecule has 0 spiro atoms. The number of esters is 1. The zero-order chi connectivity index (χ0) is 11.3. The highest BCUT2D eigenvalue weighted by molar-refractivity contribution is 5.74. The van der Waals surface area contributed by atoms with Crippen molar-refractivity contribution in [2.45, 2.75) is 20.0 Å². The smallest absolute Gasteiger partial charge is 0.347 e. The van der Waals surface area contributed by atoms with Crippen LogP contribution < -0.4 is 4.74 Å². The molecule has 5 nitrogen and oxygen atoms in total. The second kappa shape index (κ2) is 5.19. The van der Waals surface area contributed by atoms with Crippen molar-refractivity contribution >= 4 is 5.97 Å². The van der Waals surface area contributed by atoms with Gasteiger partial charge in [0.2, 0.25) is 0 Å². The highest BCUT2D eigenvalue weighted by Crippen LogP contribution is 2.22. The summed E-state index contributed by atoms with van der Waals surface area (Å²) >= 11 is 0. The predicted molar refractivity (Wildman–Crippen MR) is 52.6 cm³/mol. The molecule has 0 amide bonds. The standard InChI is InChI=1S/C10H13NO4/c1-3-14-10(13)7(2)15-9-8(12)5-4-6-11-9/h4-7,12H,3H2,1-2H3. The molecule has 5 heteroatoms. The van der Waals surface area contributed by atoms with Crippen molar-refractivity contribution in [2.75, 3.05) is 6.61 Å². The van der Waals surface area contributed by atoms with Crippen LogP contribution in [-0.4, -0.2) is 28.8 Å². The zero-order valence-electron chi connectivity index (χ0n) is 8.64. The van der Waals surface area contributed by atoms with Gasteiger partial charge in [-0.05, 0) is 26.0 Å². The third-order valence-electron chi connectivity index (χ3n) is 1.66. The molecule has 1 rings (SSSR count). The Morgan fingerprint density at radius 3 is 3.00 bits per heavy atom. The van der Waals surface area contributed by atoms with E-state index < -0.39 is 12.1 Å². The average Bonchev–Trinajstić information content (AvgIpc) is 2.21. The number of ether oxygens (including phenoxy) is 2. The van der Waals surface area contributed by atoms with E-state index in [2.05, 4.69) is 4.98 Å². The summed E-state index contributed by atoms with van der Waals surface area (Å²) < 4.78 is 9.87. The minimum absolute atomic E-state index is 0.0260. The van der Waals surface area contributed by atoms with Gasteiger partial charge in [-0.2, -0.15) is 0 Å². The molecule has 0 saturated carbocycles. The SMILES string of the molecule is CCOC(=O)C(C)Oc1ncccc1O. The first-order chi connectivity index (χ1) is 7.15. The fraction of sp³-hybridized carbons (Fsp3) is 0.400. The Hall–Kier alpha value is -1.78. The van der Waals surface area contributed by atoms with Crippen molar-refractivity contribution < 1.29 is 19.4 Å². The maximum absolute atomic E-state index is 11.2. The number of carbonyl (C=O) groups excluding carboxylic acids is 1. The molecule has 1 aromatic rings. The largest absolute Gasteiger partial charge is 0.503 e. The first-order valence-electron chi connectivity index (χ1n) is 4.62. The summed E-state index contributed by atoms with van der Waals surface area (Å²) in [6.07, 6.45) is 0.679. The lowest BCUT2D eigenvalue weighted by atomic mass is 10.4. The van der Waals surface area contributed by atoms with Gasteiger partial charge in [0, 0.05) is 6.20 Å². The summed E-state index contributed by atoms with van der Waals surface area (Å²) in [5.74, 6) is -0.561. The predicted octanol–water partition coefficient (Wildman–Crippen LogP) is 1.12. The minimum Gasteiger partial charge on any atom is -0.503 e. The molecule has 1 N–H and O–H groups in total. The number of aromatic nitrogens is 1. The summed E-state index contributed by atoms with van der Waals surface area (Å²) in [7, 11) is 0. The summed E-state index contributed by atoms with van der Waals surface area (Å²) in [5.41, 5.74) is 0. The van der Waals surface area contributed by atoms with E-state index in [1.165, 1.54) is 19.2 Å². The number of aromatic hydroxyl groups is 1. The highest BCUT2D eigenvalue weighted by atomic mass is 16.6. The van der Waals surface area contributed by atoms with E-state index in [9.17, 15) is 9.90 Å². The zero-order valence-corrected chi connectivity index (χ0v) is 8.64. The molecule has 0 aliphatic carbocycles. The molecule has 0 aromatic carbocycles. The Morgan fingerprint density at radius 1 is 1.67 bits per heavy atom. The van der Waals surface area contributed by atoms with Crippen LogP contribution in [-0.2, 0) is 9.53 Å². The van der Waals surface area contributed by atoms with Crippen LogP contribution in [0.3, 0.4) is 0 Å². The van der Waals surface area contributed by atoms with Gasteiger partial charge in [-0.3, -0.25) is 0 Å². The lowest BCUT2D eigenvalue weighted by Crippen LogP contribution is -2.26. The van der Waals surface area contributed by atoms with E-state index >= 15 is 0 Å². The number of hydrogen-bond donors (Lipinski definition) is 1. The fourth-order valence-electron chi connectivity index (χ4n) is 0.948. The molecule has 0 aliphatic rings. The highest BCUT2D eigenvalue weighted by Gasteiger charge is 2.17. The fourth-order valence-corrected chi connectivity index (χ4v) is 0.948. The van der Waals surface area contributed by atoms with E-state index in [4.69, 9.17) is 9.47 Å². The number of carbonyl (C=O) groups is 1. The first-order valence-corrected chi connectivity index (χ1v) is 4.62. The van der Waals surface area contributed by atoms with Crippen LogP contribution in [0, 0.1) is 0 Å². The minimum atomic E-state index is -0.786. The van der Waals surface area contributed by atoms with Gasteiger partial charge >= 0.3 is 5.97 Å². The summed E-state index contributed by atoms with van der Waals surface area (Å²) in [5, 5.41) is 9.33. The lowest BCUT2D eigenvalue weighted by Gasteiger charge is -2.12. The normalized spacial score (nSPS) is 11.9. The van der Waals surface area contributed by atoms with Crippen LogP contribution in [0.1, 0.15) is 13.8 Å². The summed E-state index contributed by atoms with van der Waals surface area (Å²) in [6, 6.07) is 3.00. The Kier molecular flexibility index (Phi) is 3.91. The lowest BCUT2D eigenvalue weighted by molar-refractivity contribution is -0.150. The second-order valence-corrected chi connectivity index (χ2v) is 2.84. The van der Waals surface area contributed by atoms with Crippen LogP contribution >= 0.6 is 0 Å². The van der Waals surface area contributed by atoms with Crippen LogP contribution in [0.25, 0.3) is 0 Å². The van der Waals surface area contributed by atoms with Crippen molar-refractivity contribution in [1.82, 2.24) is 4.98 Å². The van der Waals surface area contributed by atoms with Crippen LogP contribution in [0.4, 0.5) is 0 Å². The summed E-state index contributed by atoms with van der Waals surface area (Å²) in [6.45, 7) is 3.54. The van der Waals surface area contributed by atoms with Crippen LogP contribution in [0.5, 0.6) is 11.6 Å². The van der Waals surface area contributed by atoms with E-state index in [0.717, 1.165) is 0 Å². The molecule has 1 heterocycles. The van der Waals surface area contributed by atoms with Crippen molar-refractivity contribution in [3.8, 4) is 11.6 Å². The first kappa shape index (κ1) is 11.3. The maximum atomic E-state index is 11.2. The molecule has 1 aromatic heterocycles. The Bertz CT molecular complexity index is 340. The molecule has 1 unspecified atom stereocenters. The molecule has 0 fully saturated rings. The van der Waals surface area contributed by atoms with Crippen molar-refractivity contribution in [3.05, 3.63) is 18.3 Å². The number of hydrogen-bond acceptors (Lipinski definition) is 5. The van der Waals surface area contributed by atoms with Gasteiger partial charge in [0.1, 0.15) is 0 Å². The third-order valence-corrected chi connectivity index (χ3v) is 1.66. The summed E-state index contributed by atoms with van der Waals surface area (Å²) in [4.78, 5) is 15.0. The van der Waals surface area contributed by atoms with Crippen LogP contribution in [0.2, 0.25) is 0 Å². The monoisotopic (exact) mass is 211 g/mol. The van der Waals surface area contributed by atoms with Crippen molar-refractivity contribution in [1.29, 1.82) is 0 Å². The van der Waals surface area contributed by atoms with Gasteiger partial charge in [0.15, 0.2) is 11.9 Å². The quantitative estimate of drug-likeness (QED) is 0.756. The second-order valence-electron chi connectivity index (χ2n) is 2.84. The van der Waals surface area contributed by atoms with Gasteiger partial charge in [-0.15, -0.1) is 0 Å². The molecule has 0 bridgehead atoms. The molecular weight excluding hydrogens is 198 g/mol. The van der Waals surface area contributed by atoms with E-state index in [-0.39, 0.29) is 11.6 Å². The van der Waals surface area contributed by atoms with E-state index in [1.54, 1.807) is 13.0 Å². The third kappa shape index (κ3) is 3.12. The molecule has 0 aliphatic heterocycles. The van der Waals surface area contributed by atoms with Crippen molar-refractivity contribution in [3.63, 3.8) is 0 Å². The number of nitrogens with zero attached hydrogens (tertiary/aromatic N) is 1. The molecular formula is C10H13NO4. The van der Waals surface area contributed by atoms with Gasteiger partial charge in [0.25, 0.3) is 5.88 Å². The van der Waals surface area contributed by atoms with Crippen molar-refractivity contribution in [2.24, 2.45) is 0 Å². The van der Waals surface area contributed by atoms with E-state index in [1.807, 2.05) is 0 Å². The average molecular weight is 211 g/mol. The molecule has 15 heavy (non-hydrogen) atoms. The van der Waals surface area contributed by atoms with E-state index in [0.29, 0.717) is 6.61 Å². The topological polar surface area (TPSA) is 68.7 Å². The Morgan fingerprint density at radius 2 is 2.40 bits per heavy atom. The molecule has 1 atom stereocenters. The van der Waals surface area contributed by atoms with Gasteiger partial charge in [0.05, 0.1) is 6.61 Å². The van der Waals surface area contributed by atoms with Crippen LogP contribution in [0.15, 0.2) is 18.3 Å². The Labute approximate surface area is 87.7 Å².